The summed E-state index contributed by atoms with van der Waals surface area (Å²) < 4.78 is 1.14. The lowest BCUT2D eigenvalue weighted by atomic mass is 10.1. The van der Waals surface area contributed by atoms with Crippen LogP contribution in [0.3, 0.4) is 0 Å². The van der Waals surface area contributed by atoms with Gasteiger partial charge in [0.1, 0.15) is 0 Å². The highest BCUT2D eigenvalue weighted by atomic mass is 35.5. The fourth-order valence-electron chi connectivity index (χ4n) is 1.45. The van der Waals surface area contributed by atoms with Gasteiger partial charge in [0.15, 0.2) is 0 Å². The van der Waals surface area contributed by atoms with Crippen LogP contribution in [0.5, 0.6) is 0 Å². The SMILES string of the molecule is CSc1cc(Cl)c2sccc2c1CCl. The highest BCUT2D eigenvalue weighted by Gasteiger charge is 2.10. The molecule has 0 radical (unpaired) electrons. The average molecular weight is 263 g/mol. The van der Waals surface area contributed by atoms with E-state index in [-0.39, 0.29) is 0 Å². The van der Waals surface area contributed by atoms with Crippen molar-refractivity contribution in [2.75, 3.05) is 6.26 Å². The van der Waals surface area contributed by atoms with Gasteiger partial charge in [-0.1, -0.05) is 11.6 Å². The Morgan fingerprint density at radius 3 is 2.93 bits per heavy atom. The Kier molecular flexibility index (Phi) is 3.27. The van der Waals surface area contributed by atoms with E-state index in [9.17, 15) is 0 Å². The molecule has 0 saturated heterocycles. The normalized spacial score (nSPS) is 11.1. The monoisotopic (exact) mass is 262 g/mol. The zero-order valence-electron chi connectivity index (χ0n) is 7.51. The van der Waals surface area contributed by atoms with Crippen molar-refractivity contribution < 1.29 is 0 Å². The topological polar surface area (TPSA) is 0 Å². The molecule has 0 spiro atoms. The number of hydrogen-bond acceptors (Lipinski definition) is 2. The van der Waals surface area contributed by atoms with Crippen molar-refractivity contribution in [3.05, 3.63) is 28.1 Å². The zero-order chi connectivity index (χ0) is 10.1. The van der Waals surface area contributed by atoms with Crippen molar-refractivity contribution in [3.63, 3.8) is 0 Å². The molecule has 0 bridgehead atoms. The van der Waals surface area contributed by atoms with E-state index in [2.05, 4.69) is 11.4 Å². The van der Waals surface area contributed by atoms with Crippen LogP contribution in [0.4, 0.5) is 0 Å². The molecule has 0 atom stereocenters. The molecular weight excluding hydrogens is 255 g/mol. The molecule has 0 aliphatic heterocycles. The van der Waals surface area contributed by atoms with Gasteiger partial charge < -0.3 is 0 Å². The van der Waals surface area contributed by atoms with Crippen molar-refractivity contribution in [2.24, 2.45) is 0 Å². The molecule has 0 saturated carbocycles. The third kappa shape index (κ3) is 1.65. The van der Waals surface area contributed by atoms with Gasteiger partial charge in [0.25, 0.3) is 0 Å². The first-order valence-corrected chi connectivity index (χ1v) is 7.08. The molecule has 0 amide bonds. The van der Waals surface area contributed by atoms with Crippen molar-refractivity contribution in [1.29, 1.82) is 0 Å². The standard InChI is InChI=1S/C10H8Cl2S2/c1-13-9-4-8(12)10-6(2-3-14-10)7(9)5-11/h2-4H,5H2,1H3. The molecule has 0 aliphatic rings. The average Bonchev–Trinajstić information content (AvgIpc) is 2.66. The lowest BCUT2D eigenvalue weighted by Crippen LogP contribution is -1.84. The van der Waals surface area contributed by atoms with Crippen LogP contribution in [0, 0.1) is 0 Å². The van der Waals surface area contributed by atoms with Crippen LogP contribution < -0.4 is 0 Å². The Balaban J connectivity index is 2.82. The van der Waals surface area contributed by atoms with Gasteiger partial charge in [-0.2, -0.15) is 0 Å². The van der Waals surface area contributed by atoms with Crippen LogP contribution in [0.15, 0.2) is 22.4 Å². The maximum atomic E-state index is 6.17. The Hall–Kier alpha value is 0.110. The van der Waals surface area contributed by atoms with E-state index >= 15 is 0 Å². The summed E-state index contributed by atoms with van der Waals surface area (Å²) >= 11 is 15.5. The van der Waals surface area contributed by atoms with Crippen molar-refractivity contribution in [2.45, 2.75) is 10.8 Å². The summed E-state index contributed by atoms with van der Waals surface area (Å²) in [4.78, 5) is 1.18. The highest BCUT2D eigenvalue weighted by molar-refractivity contribution is 7.98. The van der Waals surface area contributed by atoms with Crippen LogP contribution in [-0.4, -0.2) is 6.26 Å². The van der Waals surface area contributed by atoms with Gasteiger partial charge in [0, 0.05) is 10.8 Å². The lowest BCUT2D eigenvalue weighted by molar-refractivity contribution is 1.31. The molecule has 74 valence electrons. The van der Waals surface area contributed by atoms with E-state index in [1.165, 1.54) is 15.8 Å². The number of alkyl halides is 1. The second-order valence-corrected chi connectivity index (χ2v) is 5.27. The van der Waals surface area contributed by atoms with Crippen LogP contribution in [0.25, 0.3) is 10.1 Å². The zero-order valence-corrected chi connectivity index (χ0v) is 10.7. The van der Waals surface area contributed by atoms with E-state index in [1.54, 1.807) is 23.1 Å². The molecule has 1 aromatic heterocycles. The van der Waals surface area contributed by atoms with E-state index in [4.69, 9.17) is 23.2 Å². The fourth-order valence-corrected chi connectivity index (χ4v) is 3.72. The summed E-state index contributed by atoms with van der Waals surface area (Å²) in [5.74, 6) is 0.542. The Labute approximate surface area is 101 Å². The summed E-state index contributed by atoms with van der Waals surface area (Å²) in [5, 5.41) is 4.08. The van der Waals surface area contributed by atoms with Crippen molar-refractivity contribution in [3.8, 4) is 0 Å². The summed E-state index contributed by atoms with van der Waals surface area (Å²) in [5.41, 5.74) is 1.19. The quantitative estimate of drug-likeness (QED) is 0.541. The van der Waals surface area contributed by atoms with Gasteiger partial charge in [-0.15, -0.1) is 34.7 Å². The summed E-state index contributed by atoms with van der Waals surface area (Å²) in [6.45, 7) is 0. The van der Waals surface area contributed by atoms with E-state index in [0.717, 1.165) is 9.72 Å². The Morgan fingerprint density at radius 2 is 2.29 bits per heavy atom. The predicted octanol–water partition coefficient (Wildman–Crippen LogP) is 5.02. The number of hydrogen-bond donors (Lipinski definition) is 0. The van der Waals surface area contributed by atoms with E-state index < -0.39 is 0 Å². The molecule has 4 heteroatoms. The number of thioether (sulfide) groups is 1. The van der Waals surface area contributed by atoms with Gasteiger partial charge in [-0.05, 0) is 34.7 Å². The van der Waals surface area contributed by atoms with Gasteiger partial charge in [0.2, 0.25) is 0 Å². The van der Waals surface area contributed by atoms with Gasteiger partial charge >= 0.3 is 0 Å². The van der Waals surface area contributed by atoms with Gasteiger partial charge in [-0.25, -0.2) is 0 Å². The largest absolute Gasteiger partial charge is 0.142 e. The summed E-state index contributed by atoms with van der Waals surface area (Å²) in [7, 11) is 0. The lowest BCUT2D eigenvalue weighted by Gasteiger charge is -2.07. The maximum absolute atomic E-state index is 6.17. The summed E-state index contributed by atoms with van der Waals surface area (Å²) in [6, 6.07) is 4.09. The fraction of sp³-hybridized carbons (Fsp3) is 0.200. The maximum Gasteiger partial charge on any atom is 0.0595 e. The molecule has 2 rings (SSSR count). The highest BCUT2D eigenvalue weighted by Crippen LogP contribution is 2.37. The van der Waals surface area contributed by atoms with Crippen molar-refractivity contribution >= 4 is 56.4 Å². The molecule has 0 unspecified atom stereocenters. The first-order chi connectivity index (χ1) is 6.77. The molecule has 2 aromatic rings. The molecule has 0 aliphatic carbocycles. The molecule has 0 N–H and O–H groups in total. The molecule has 0 nitrogen and oxygen atoms in total. The molecular formula is C10H8Cl2S2. The second-order valence-electron chi connectivity index (χ2n) is 2.84. The molecule has 1 heterocycles. The van der Waals surface area contributed by atoms with Gasteiger partial charge in [0.05, 0.1) is 9.72 Å². The number of benzene rings is 1. The number of halogens is 2. The molecule has 0 fully saturated rings. The third-order valence-corrected chi connectivity index (χ3v) is 4.55. The predicted molar refractivity (Wildman–Crippen MR) is 68.2 cm³/mol. The van der Waals surface area contributed by atoms with Crippen LogP contribution in [0.2, 0.25) is 5.02 Å². The minimum absolute atomic E-state index is 0.542. The van der Waals surface area contributed by atoms with E-state index in [0.29, 0.717) is 5.88 Å². The molecule has 1 aromatic carbocycles. The van der Waals surface area contributed by atoms with Crippen LogP contribution in [0.1, 0.15) is 5.56 Å². The third-order valence-electron chi connectivity index (χ3n) is 2.12. The minimum atomic E-state index is 0.542. The molecule has 14 heavy (non-hydrogen) atoms. The Morgan fingerprint density at radius 1 is 1.50 bits per heavy atom. The minimum Gasteiger partial charge on any atom is -0.142 e. The smallest absolute Gasteiger partial charge is 0.0595 e. The van der Waals surface area contributed by atoms with Crippen LogP contribution in [-0.2, 0) is 5.88 Å². The van der Waals surface area contributed by atoms with E-state index in [1.807, 2.05) is 12.3 Å². The second kappa shape index (κ2) is 4.31. The van der Waals surface area contributed by atoms with Gasteiger partial charge in [-0.3, -0.25) is 0 Å². The first-order valence-electron chi connectivity index (χ1n) is 4.06. The number of fused-ring (bicyclic) bond motifs is 1. The number of thiophene rings is 1. The van der Waals surface area contributed by atoms with Crippen molar-refractivity contribution in [1.82, 2.24) is 0 Å². The first kappa shape index (κ1) is 10.6. The number of rotatable bonds is 2. The summed E-state index contributed by atoms with van der Waals surface area (Å²) in [6.07, 6.45) is 2.04. The van der Waals surface area contributed by atoms with Crippen LogP contribution >= 0.6 is 46.3 Å². The Bertz CT molecular complexity index is 462.